The highest BCUT2D eigenvalue weighted by molar-refractivity contribution is 7.47. The molecule has 0 spiro atoms. The smallest absolute Gasteiger partial charge is 0.457 e. The maximum Gasteiger partial charge on any atom is 0.472 e. The van der Waals surface area contributed by atoms with Gasteiger partial charge in [0.1, 0.15) is 19.3 Å². The first kappa shape index (κ1) is 59.7. The summed E-state index contributed by atoms with van der Waals surface area (Å²) in [5.74, 6) is -0.330. The van der Waals surface area contributed by atoms with Crippen molar-refractivity contribution >= 4 is 13.8 Å². The van der Waals surface area contributed by atoms with Gasteiger partial charge in [-0.05, 0) is 89.9 Å². The van der Waals surface area contributed by atoms with E-state index in [0.717, 1.165) is 89.9 Å². The number of likely N-dealkylation sites (N-methyl/N-ethyl adjacent to an activating group) is 1. The molecule has 0 radical (unpaired) electrons. The van der Waals surface area contributed by atoms with Crippen molar-refractivity contribution in [1.29, 1.82) is 0 Å². The fourth-order valence-corrected chi connectivity index (χ4v) is 7.12. The minimum atomic E-state index is -4.29. The summed E-state index contributed by atoms with van der Waals surface area (Å²) in [6, 6.07) is 0. The second-order valence-corrected chi connectivity index (χ2v) is 18.9. The van der Waals surface area contributed by atoms with Gasteiger partial charge in [0.2, 0.25) is 0 Å². The highest BCUT2D eigenvalue weighted by Gasteiger charge is 2.26. The number of hydrogen-bond acceptors (Lipinski definition) is 6. The molecule has 2 atom stereocenters. The van der Waals surface area contributed by atoms with E-state index in [-0.39, 0.29) is 25.8 Å². The first-order valence-corrected chi connectivity index (χ1v) is 26.3. The van der Waals surface area contributed by atoms with Crippen LogP contribution in [0.3, 0.4) is 0 Å². The molecule has 62 heavy (non-hydrogen) atoms. The van der Waals surface area contributed by atoms with Gasteiger partial charge >= 0.3 is 13.8 Å². The van der Waals surface area contributed by atoms with Gasteiger partial charge in [-0.2, -0.15) is 0 Å². The number of phosphoric acid groups is 1. The first-order valence-electron chi connectivity index (χ1n) is 24.8. The van der Waals surface area contributed by atoms with Crippen molar-refractivity contribution < 1.29 is 37.3 Å². The van der Waals surface area contributed by atoms with Gasteiger partial charge < -0.3 is 18.9 Å². The van der Waals surface area contributed by atoms with Crippen LogP contribution < -0.4 is 0 Å². The Morgan fingerprint density at radius 1 is 0.516 bits per heavy atom. The Hall–Kier alpha value is -2.32. The molecule has 0 rings (SSSR count). The van der Waals surface area contributed by atoms with Gasteiger partial charge in [-0.3, -0.25) is 13.8 Å². The lowest BCUT2D eigenvalue weighted by Crippen LogP contribution is -2.37. The Bertz CT molecular complexity index is 1260. The van der Waals surface area contributed by atoms with E-state index in [9.17, 15) is 14.3 Å². The van der Waals surface area contributed by atoms with Crippen molar-refractivity contribution in [1.82, 2.24) is 0 Å². The summed E-state index contributed by atoms with van der Waals surface area (Å²) in [5, 5.41) is 0. The number of carbonyl (C=O) groups excluding carboxylic acids is 1. The van der Waals surface area contributed by atoms with Crippen LogP contribution in [0, 0.1) is 0 Å². The Labute approximate surface area is 382 Å². The zero-order valence-electron chi connectivity index (χ0n) is 40.6. The Kier molecular flexibility index (Phi) is 43.6. The van der Waals surface area contributed by atoms with Gasteiger partial charge in [-0.1, -0.05) is 176 Å². The quantitative estimate of drug-likeness (QED) is 0.0214. The van der Waals surface area contributed by atoms with Gasteiger partial charge in [0.15, 0.2) is 0 Å². The zero-order valence-corrected chi connectivity index (χ0v) is 41.5. The number of rotatable bonds is 45. The topological polar surface area (TPSA) is 91.3 Å². The second kappa shape index (κ2) is 45.3. The summed E-state index contributed by atoms with van der Waals surface area (Å²) in [6.07, 6.45) is 60.5. The molecule has 8 nitrogen and oxygen atoms in total. The number of carbonyl (C=O) groups is 1. The molecule has 0 aromatic carbocycles. The molecule has 0 amide bonds. The third-order valence-electron chi connectivity index (χ3n) is 10.2. The Morgan fingerprint density at radius 2 is 0.935 bits per heavy atom. The predicted octanol–water partition coefficient (Wildman–Crippen LogP) is 15.2. The summed E-state index contributed by atoms with van der Waals surface area (Å²) in [7, 11) is 1.64. The van der Waals surface area contributed by atoms with Crippen molar-refractivity contribution in [3.05, 3.63) is 85.1 Å². The molecule has 0 saturated heterocycles. The monoisotopic (exact) mass is 889 g/mol. The van der Waals surface area contributed by atoms with Crippen LogP contribution >= 0.6 is 7.82 Å². The Morgan fingerprint density at radius 3 is 1.42 bits per heavy atom. The van der Waals surface area contributed by atoms with E-state index in [1.807, 2.05) is 21.1 Å². The SMILES string of the molecule is CC/C=C\C/C=C\C/C=C\C/C=C\C/C=C\C/C=C\CCCCCCCCCOCC(COP(=O)(O)OCC[N+](C)(C)C)OC(=O)CCCCCCC/C=C\CCCCCCC. The number of hydrogen-bond donors (Lipinski definition) is 1. The molecular formula is C53H95NO7P+. The van der Waals surface area contributed by atoms with Crippen LogP contribution in [0.4, 0.5) is 0 Å². The highest BCUT2D eigenvalue weighted by Crippen LogP contribution is 2.43. The number of quaternary nitrogens is 1. The van der Waals surface area contributed by atoms with Crippen molar-refractivity contribution in [2.45, 2.75) is 193 Å². The zero-order chi connectivity index (χ0) is 45.5. The fourth-order valence-electron chi connectivity index (χ4n) is 6.37. The van der Waals surface area contributed by atoms with Crippen molar-refractivity contribution in [3.8, 4) is 0 Å². The van der Waals surface area contributed by atoms with Crippen LogP contribution in [-0.4, -0.2) is 75.6 Å². The third-order valence-corrected chi connectivity index (χ3v) is 11.2. The van der Waals surface area contributed by atoms with Crippen molar-refractivity contribution in [2.75, 3.05) is 54.1 Å². The van der Waals surface area contributed by atoms with Crippen LogP contribution in [0.5, 0.6) is 0 Å². The summed E-state index contributed by atoms with van der Waals surface area (Å²) >= 11 is 0. The molecular weight excluding hydrogens is 794 g/mol. The minimum absolute atomic E-state index is 0.0805. The lowest BCUT2D eigenvalue weighted by atomic mass is 10.1. The largest absolute Gasteiger partial charge is 0.472 e. The fraction of sp³-hybridized carbons (Fsp3) is 0.717. The lowest BCUT2D eigenvalue weighted by molar-refractivity contribution is -0.870. The van der Waals surface area contributed by atoms with E-state index in [1.54, 1.807) is 0 Å². The highest BCUT2D eigenvalue weighted by atomic mass is 31.2. The van der Waals surface area contributed by atoms with Gasteiger partial charge in [0, 0.05) is 13.0 Å². The molecule has 0 fully saturated rings. The molecule has 1 N–H and O–H groups in total. The molecule has 0 aliphatic heterocycles. The number of phosphoric ester groups is 1. The van der Waals surface area contributed by atoms with E-state index in [4.69, 9.17) is 18.5 Å². The second-order valence-electron chi connectivity index (χ2n) is 17.5. The summed E-state index contributed by atoms with van der Waals surface area (Å²) in [4.78, 5) is 22.9. The number of esters is 1. The van der Waals surface area contributed by atoms with Gasteiger partial charge in [-0.15, -0.1) is 0 Å². The van der Waals surface area contributed by atoms with E-state index < -0.39 is 13.9 Å². The molecule has 0 heterocycles. The molecule has 358 valence electrons. The normalized spacial score (nSPS) is 14.4. The summed E-state index contributed by atoms with van der Waals surface area (Å²) < 4.78 is 35.1. The summed E-state index contributed by atoms with van der Waals surface area (Å²) in [6.45, 7) is 5.45. The maximum atomic E-state index is 12.7. The van der Waals surface area contributed by atoms with Gasteiger partial charge in [-0.25, -0.2) is 4.57 Å². The van der Waals surface area contributed by atoms with Crippen LogP contribution in [0.15, 0.2) is 85.1 Å². The van der Waals surface area contributed by atoms with Crippen LogP contribution in [0.25, 0.3) is 0 Å². The van der Waals surface area contributed by atoms with Crippen molar-refractivity contribution in [2.24, 2.45) is 0 Å². The molecule has 0 aromatic heterocycles. The lowest BCUT2D eigenvalue weighted by Gasteiger charge is -2.24. The summed E-state index contributed by atoms with van der Waals surface area (Å²) in [5.41, 5.74) is 0. The van der Waals surface area contributed by atoms with E-state index in [2.05, 4.69) is 98.9 Å². The Balaban J connectivity index is 4.18. The number of nitrogens with zero attached hydrogens (tertiary/aromatic N) is 1. The molecule has 0 bridgehead atoms. The standard InChI is InChI=1S/C53H94NO7P/c1-6-8-10-12-14-16-18-20-22-23-24-25-26-27-28-29-30-31-32-33-35-37-39-41-43-45-48-58-50-52(51-60-62(56,57)59-49-47-54(3,4)5)61-53(55)46-44-42-40-38-36-34-21-19-17-15-13-11-9-7-2/h8,10,14,16,19-22,24-25,27-28,30-31,52H,6-7,9,11-13,15,17-18,23,26,29,32-51H2,1-5H3/p+1/b10-8-,16-14-,21-19-,22-20-,25-24-,28-27-,31-30-. The molecule has 0 aliphatic carbocycles. The molecule has 0 aliphatic rings. The van der Waals surface area contributed by atoms with E-state index in [0.29, 0.717) is 24.1 Å². The molecule has 0 saturated carbocycles. The minimum Gasteiger partial charge on any atom is -0.457 e. The van der Waals surface area contributed by atoms with Crippen molar-refractivity contribution in [3.63, 3.8) is 0 Å². The number of ether oxygens (including phenoxy) is 2. The predicted molar refractivity (Wildman–Crippen MR) is 265 cm³/mol. The average Bonchev–Trinajstić information content (AvgIpc) is 3.23. The number of allylic oxidation sites excluding steroid dienone is 14. The van der Waals surface area contributed by atoms with Crippen LogP contribution in [-0.2, 0) is 27.9 Å². The van der Waals surface area contributed by atoms with E-state index >= 15 is 0 Å². The van der Waals surface area contributed by atoms with Crippen LogP contribution in [0.2, 0.25) is 0 Å². The molecule has 2 unspecified atom stereocenters. The molecule has 9 heteroatoms. The number of unbranched alkanes of at least 4 members (excludes halogenated alkanes) is 17. The van der Waals surface area contributed by atoms with Gasteiger partial charge in [0.05, 0.1) is 34.4 Å². The van der Waals surface area contributed by atoms with Gasteiger partial charge in [0.25, 0.3) is 0 Å². The first-order chi connectivity index (χ1) is 30.1. The molecule has 0 aromatic rings. The third kappa shape index (κ3) is 48.7. The average molecular weight is 889 g/mol. The maximum absolute atomic E-state index is 12.7. The van der Waals surface area contributed by atoms with E-state index in [1.165, 1.54) is 77.0 Å². The van der Waals surface area contributed by atoms with Crippen LogP contribution in [0.1, 0.15) is 187 Å².